The standard InChI is InChI=1S/C18H22N2O2S/c1-12(2)20-7-5-13(6-8-20)18-19-15(10-23-18)14-3-4-16-17(9-14)22-11-21-16/h3-4,9-10,12-13H,5-8,11H2,1-2H3. The quantitative estimate of drug-likeness (QED) is 0.847. The van der Waals surface area contributed by atoms with Crippen LogP contribution in [0.4, 0.5) is 0 Å². The van der Waals surface area contributed by atoms with E-state index in [1.165, 1.54) is 30.9 Å². The lowest BCUT2D eigenvalue weighted by Crippen LogP contribution is -2.37. The lowest BCUT2D eigenvalue weighted by atomic mass is 9.96. The Hall–Kier alpha value is -1.59. The van der Waals surface area contributed by atoms with Gasteiger partial charge in [0, 0.05) is 22.9 Å². The van der Waals surface area contributed by atoms with Crippen molar-refractivity contribution in [1.29, 1.82) is 0 Å². The van der Waals surface area contributed by atoms with Crippen molar-refractivity contribution in [2.75, 3.05) is 19.9 Å². The average molecular weight is 330 g/mol. The summed E-state index contributed by atoms with van der Waals surface area (Å²) in [5.74, 6) is 2.25. The highest BCUT2D eigenvalue weighted by Gasteiger charge is 2.24. The van der Waals surface area contributed by atoms with E-state index in [9.17, 15) is 0 Å². The van der Waals surface area contributed by atoms with Gasteiger partial charge in [-0.2, -0.15) is 0 Å². The van der Waals surface area contributed by atoms with Gasteiger partial charge in [0.05, 0.1) is 10.7 Å². The molecule has 3 heterocycles. The Labute approximate surface area is 141 Å². The van der Waals surface area contributed by atoms with Gasteiger partial charge >= 0.3 is 0 Å². The summed E-state index contributed by atoms with van der Waals surface area (Å²) in [6, 6.07) is 6.71. The molecule has 0 N–H and O–H groups in total. The van der Waals surface area contributed by atoms with E-state index >= 15 is 0 Å². The van der Waals surface area contributed by atoms with Gasteiger partial charge in [0.2, 0.25) is 6.79 Å². The van der Waals surface area contributed by atoms with Crippen molar-refractivity contribution in [1.82, 2.24) is 9.88 Å². The van der Waals surface area contributed by atoms with Gasteiger partial charge in [-0.3, -0.25) is 0 Å². The van der Waals surface area contributed by atoms with Crippen LogP contribution in [0.1, 0.15) is 37.6 Å². The number of rotatable bonds is 3. The second-order valence-corrected chi connectivity index (χ2v) is 7.43. The van der Waals surface area contributed by atoms with E-state index in [-0.39, 0.29) is 0 Å². The van der Waals surface area contributed by atoms with Crippen LogP contribution in [-0.2, 0) is 0 Å². The summed E-state index contributed by atoms with van der Waals surface area (Å²) < 4.78 is 10.8. The maximum Gasteiger partial charge on any atom is 0.231 e. The summed E-state index contributed by atoms with van der Waals surface area (Å²) in [5, 5.41) is 3.45. The number of thiazole rings is 1. The normalized spacial score (nSPS) is 18.7. The van der Waals surface area contributed by atoms with E-state index in [2.05, 4.69) is 30.2 Å². The van der Waals surface area contributed by atoms with Crippen molar-refractivity contribution in [3.05, 3.63) is 28.6 Å². The Kier molecular flexibility index (Phi) is 3.99. The number of fused-ring (bicyclic) bond motifs is 1. The Bertz CT molecular complexity index is 690. The molecule has 23 heavy (non-hydrogen) atoms. The number of likely N-dealkylation sites (tertiary alicyclic amines) is 1. The topological polar surface area (TPSA) is 34.6 Å². The third kappa shape index (κ3) is 2.95. The van der Waals surface area contributed by atoms with Crippen LogP contribution in [0.5, 0.6) is 11.5 Å². The smallest absolute Gasteiger partial charge is 0.231 e. The van der Waals surface area contributed by atoms with Crippen molar-refractivity contribution in [2.24, 2.45) is 0 Å². The molecule has 2 aromatic rings. The number of hydrogen-bond acceptors (Lipinski definition) is 5. The fraction of sp³-hybridized carbons (Fsp3) is 0.500. The lowest BCUT2D eigenvalue weighted by molar-refractivity contribution is 0.172. The molecule has 1 aromatic carbocycles. The summed E-state index contributed by atoms with van der Waals surface area (Å²) >= 11 is 1.79. The molecule has 0 unspecified atom stereocenters. The molecule has 1 aromatic heterocycles. The largest absolute Gasteiger partial charge is 0.454 e. The molecule has 0 radical (unpaired) electrons. The molecule has 4 nitrogen and oxygen atoms in total. The van der Waals surface area contributed by atoms with E-state index < -0.39 is 0 Å². The first-order valence-corrected chi connectivity index (χ1v) is 9.18. The minimum atomic E-state index is 0.315. The van der Waals surface area contributed by atoms with Crippen LogP contribution in [0, 0.1) is 0 Å². The molecule has 0 saturated carbocycles. The van der Waals surface area contributed by atoms with Crippen LogP contribution in [0.3, 0.4) is 0 Å². The molecule has 1 fully saturated rings. The highest BCUT2D eigenvalue weighted by atomic mass is 32.1. The van der Waals surface area contributed by atoms with Crippen LogP contribution >= 0.6 is 11.3 Å². The fourth-order valence-electron chi connectivity index (χ4n) is 3.33. The molecule has 1 saturated heterocycles. The molecule has 2 aliphatic heterocycles. The zero-order chi connectivity index (χ0) is 15.8. The first-order chi connectivity index (χ1) is 11.2. The number of hydrogen-bond donors (Lipinski definition) is 0. The van der Waals surface area contributed by atoms with Gasteiger partial charge in [-0.15, -0.1) is 11.3 Å². The predicted molar refractivity (Wildman–Crippen MR) is 92.4 cm³/mol. The number of benzene rings is 1. The molecular formula is C18H22N2O2S. The first-order valence-electron chi connectivity index (χ1n) is 8.30. The molecule has 4 rings (SSSR count). The molecule has 5 heteroatoms. The molecule has 0 atom stereocenters. The van der Waals surface area contributed by atoms with Crippen molar-refractivity contribution < 1.29 is 9.47 Å². The Morgan fingerprint density at radius 1 is 1.17 bits per heavy atom. The SMILES string of the molecule is CC(C)N1CCC(c2nc(-c3ccc4c(c3)OCO4)cs2)CC1. The minimum Gasteiger partial charge on any atom is -0.454 e. The lowest BCUT2D eigenvalue weighted by Gasteiger charge is -2.33. The third-order valence-electron chi connectivity index (χ3n) is 4.80. The van der Waals surface area contributed by atoms with Crippen molar-refractivity contribution >= 4 is 11.3 Å². The molecule has 122 valence electrons. The van der Waals surface area contributed by atoms with Gasteiger partial charge in [0.15, 0.2) is 11.5 Å². The van der Waals surface area contributed by atoms with E-state index in [1.54, 1.807) is 11.3 Å². The monoisotopic (exact) mass is 330 g/mol. The van der Waals surface area contributed by atoms with Crippen LogP contribution in [-0.4, -0.2) is 35.8 Å². The first kappa shape index (κ1) is 15.0. The van der Waals surface area contributed by atoms with Crippen LogP contribution in [0.15, 0.2) is 23.6 Å². The number of piperidine rings is 1. The number of ether oxygens (including phenoxy) is 2. The second kappa shape index (κ2) is 6.13. The molecular weight excluding hydrogens is 308 g/mol. The van der Waals surface area contributed by atoms with Gasteiger partial charge in [-0.05, 0) is 58.0 Å². The van der Waals surface area contributed by atoms with E-state index in [0.29, 0.717) is 18.8 Å². The summed E-state index contributed by atoms with van der Waals surface area (Å²) in [7, 11) is 0. The highest BCUT2D eigenvalue weighted by Crippen LogP contribution is 2.38. The summed E-state index contributed by atoms with van der Waals surface area (Å²) in [6.07, 6.45) is 2.43. The van der Waals surface area contributed by atoms with E-state index in [0.717, 1.165) is 22.8 Å². The molecule has 0 spiro atoms. The highest BCUT2D eigenvalue weighted by molar-refractivity contribution is 7.10. The van der Waals surface area contributed by atoms with Gasteiger partial charge in [-0.25, -0.2) is 4.98 Å². The maximum absolute atomic E-state index is 5.47. The minimum absolute atomic E-state index is 0.315. The Morgan fingerprint density at radius 3 is 2.74 bits per heavy atom. The van der Waals surface area contributed by atoms with E-state index in [1.807, 2.05) is 12.1 Å². The van der Waals surface area contributed by atoms with Crippen molar-refractivity contribution in [3.8, 4) is 22.8 Å². The Balaban J connectivity index is 1.49. The van der Waals surface area contributed by atoms with Crippen LogP contribution < -0.4 is 9.47 Å². The summed E-state index contributed by atoms with van der Waals surface area (Å²) in [4.78, 5) is 7.46. The Morgan fingerprint density at radius 2 is 1.96 bits per heavy atom. The average Bonchev–Trinajstić information content (AvgIpc) is 3.23. The van der Waals surface area contributed by atoms with Gasteiger partial charge < -0.3 is 14.4 Å². The summed E-state index contributed by atoms with van der Waals surface area (Å²) in [5.41, 5.74) is 2.16. The number of nitrogens with zero attached hydrogens (tertiary/aromatic N) is 2. The van der Waals surface area contributed by atoms with Crippen LogP contribution in [0.2, 0.25) is 0 Å². The van der Waals surface area contributed by atoms with Crippen LogP contribution in [0.25, 0.3) is 11.3 Å². The van der Waals surface area contributed by atoms with Gasteiger partial charge in [0.25, 0.3) is 0 Å². The van der Waals surface area contributed by atoms with E-state index in [4.69, 9.17) is 14.5 Å². The zero-order valence-electron chi connectivity index (χ0n) is 13.6. The molecule has 0 amide bonds. The third-order valence-corrected chi connectivity index (χ3v) is 5.81. The molecule has 2 aliphatic rings. The number of aromatic nitrogens is 1. The summed E-state index contributed by atoms with van der Waals surface area (Å²) in [6.45, 7) is 7.24. The second-order valence-electron chi connectivity index (χ2n) is 6.54. The van der Waals surface area contributed by atoms with Crippen molar-refractivity contribution in [2.45, 2.75) is 38.6 Å². The zero-order valence-corrected chi connectivity index (χ0v) is 14.4. The fourth-order valence-corrected chi connectivity index (χ4v) is 4.33. The maximum atomic E-state index is 5.47. The molecule has 0 aliphatic carbocycles. The van der Waals surface area contributed by atoms with Crippen molar-refractivity contribution in [3.63, 3.8) is 0 Å². The predicted octanol–water partition coefficient (Wildman–Crippen LogP) is 4.13. The van der Waals surface area contributed by atoms with Gasteiger partial charge in [-0.1, -0.05) is 0 Å². The van der Waals surface area contributed by atoms with Gasteiger partial charge in [0.1, 0.15) is 0 Å². The molecule has 0 bridgehead atoms.